The maximum Gasteiger partial charge on any atom is 0.203 e. The minimum absolute atomic E-state index is 0.115. The summed E-state index contributed by atoms with van der Waals surface area (Å²) in [5.41, 5.74) is 5.00. The van der Waals surface area contributed by atoms with Crippen molar-refractivity contribution in [2.75, 3.05) is 41.7 Å². The fourth-order valence-corrected chi connectivity index (χ4v) is 6.13. The maximum absolute atomic E-state index is 6.63. The Hall–Kier alpha value is -3.17. The van der Waals surface area contributed by atoms with E-state index < -0.39 is 0 Å². The lowest BCUT2D eigenvalue weighted by Crippen LogP contribution is -2.07. The molecular formula is C33H45NO7S. The van der Waals surface area contributed by atoms with Crippen molar-refractivity contribution in [3.05, 3.63) is 51.5 Å². The van der Waals surface area contributed by atoms with Crippen LogP contribution in [0.3, 0.4) is 0 Å². The van der Waals surface area contributed by atoms with Gasteiger partial charge in [0.05, 0.1) is 65.1 Å². The van der Waals surface area contributed by atoms with Crippen molar-refractivity contribution in [2.45, 2.75) is 77.4 Å². The fourth-order valence-electron chi connectivity index (χ4n) is 5.31. The van der Waals surface area contributed by atoms with Crippen LogP contribution in [0, 0.1) is 6.92 Å². The number of methoxy groups -OCH3 is 4. The van der Waals surface area contributed by atoms with E-state index in [9.17, 15) is 0 Å². The number of ether oxygens (including phenoxy) is 7. The number of rotatable bonds is 17. The first-order chi connectivity index (χ1) is 20.5. The van der Waals surface area contributed by atoms with E-state index in [0.29, 0.717) is 47.7 Å². The highest BCUT2D eigenvalue weighted by Crippen LogP contribution is 2.48. The van der Waals surface area contributed by atoms with Gasteiger partial charge in [-0.05, 0) is 74.4 Å². The largest absolute Gasteiger partial charge is 0.493 e. The molecule has 8 nitrogen and oxygen atoms in total. The number of aromatic nitrogens is 1. The molecule has 1 aromatic heterocycles. The third-order valence-corrected chi connectivity index (χ3v) is 8.60. The molecule has 1 saturated heterocycles. The van der Waals surface area contributed by atoms with Gasteiger partial charge in [0.15, 0.2) is 23.0 Å². The van der Waals surface area contributed by atoms with Gasteiger partial charge in [-0.1, -0.05) is 26.2 Å². The summed E-state index contributed by atoms with van der Waals surface area (Å²) in [6, 6.07) is 8.02. The molecule has 2 heterocycles. The smallest absolute Gasteiger partial charge is 0.203 e. The van der Waals surface area contributed by atoms with Gasteiger partial charge < -0.3 is 33.2 Å². The molecule has 4 rings (SSSR count). The summed E-state index contributed by atoms with van der Waals surface area (Å²) in [4.78, 5) is 5.66. The molecule has 1 aliphatic rings. The van der Waals surface area contributed by atoms with Crippen LogP contribution in [0.15, 0.2) is 29.8 Å². The van der Waals surface area contributed by atoms with Crippen LogP contribution >= 0.6 is 11.3 Å². The number of thiazole rings is 1. The lowest BCUT2D eigenvalue weighted by atomic mass is 10.0. The number of benzene rings is 2. The summed E-state index contributed by atoms with van der Waals surface area (Å²) in [5, 5.41) is 0. The molecule has 1 fully saturated rings. The number of nitrogens with zero attached hydrogens (tertiary/aromatic N) is 1. The topological polar surface area (TPSA) is 77.5 Å². The number of aryl methyl sites for hydroxylation is 2. The Morgan fingerprint density at radius 3 is 1.79 bits per heavy atom. The molecule has 0 N–H and O–H groups in total. The van der Waals surface area contributed by atoms with Crippen LogP contribution in [-0.2, 0) is 11.2 Å². The minimum atomic E-state index is -0.121. The summed E-state index contributed by atoms with van der Waals surface area (Å²) in [5.74, 6) is 3.81. The van der Waals surface area contributed by atoms with Gasteiger partial charge in [0.25, 0.3) is 0 Å². The van der Waals surface area contributed by atoms with Crippen molar-refractivity contribution in [1.29, 1.82) is 0 Å². The lowest BCUT2D eigenvalue weighted by Gasteiger charge is -2.21. The molecule has 0 spiro atoms. The van der Waals surface area contributed by atoms with Gasteiger partial charge in [-0.3, -0.25) is 0 Å². The molecule has 42 heavy (non-hydrogen) atoms. The van der Waals surface area contributed by atoms with E-state index in [1.165, 1.54) is 17.7 Å². The Balaban J connectivity index is 1.53. The number of hydrogen-bond donors (Lipinski definition) is 0. The maximum atomic E-state index is 6.63. The summed E-state index contributed by atoms with van der Waals surface area (Å²) in [7, 11) is 6.52. The van der Waals surface area contributed by atoms with Gasteiger partial charge in [0, 0.05) is 4.88 Å². The van der Waals surface area contributed by atoms with E-state index in [4.69, 9.17) is 33.2 Å². The van der Waals surface area contributed by atoms with E-state index in [2.05, 4.69) is 24.9 Å². The van der Waals surface area contributed by atoms with Crippen LogP contribution < -0.4 is 28.4 Å². The van der Waals surface area contributed by atoms with Crippen LogP contribution in [-0.4, -0.2) is 46.6 Å². The average molecular weight is 600 g/mol. The van der Waals surface area contributed by atoms with Crippen molar-refractivity contribution in [3.63, 3.8) is 0 Å². The Morgan fingerprint density at radius 2 is 1.29 bits per heavy atom. The number of hydrogen-bond acceptors (Lipinski definition) is 9. The second-order valence-corrected chi connectivity index (χ2v) is 11.4. The van der Waals surface area contributed by atoms with E-state index in [0.717, 1.165) is 55.3 Å². The summed E-state index contributed by atoms with van der Waals surface area (Å²) in [6.07, 6.45) is 7.81. The monoisotopic (exact) mass is 599 g/mol. The zero-order valence-corrected chi connectivity index (χ0v) is 26.6. The third kappa shape index (κ3) is 7.81. The molecule has 0 amide bonds. The van der Waals surface area contributed by atoms with E-state index in [-0.39, 0.29) is 12.2 Å². The fraction of sp³-hybridized carbons (Fsp3) is 0.545. The molecule has 0 aliphatic carbocycles. The zero-order chi connectivity index (χ0) is 29.9. The first-order valence-electron chi connectivity index (χ1n) is 14.8. The summed E-state index contributed by atoms with van der Waals surface area (Å²) >= 11 is 1.69. The van der Waals surface area contributed by atoms with Crippen LogP contribution in [0.1, 0.15) is 85.8 Å². The third-order valence-electron chi connectivity index (χ3n) is 7.60. The van der Waals surface area contributed by atoms with Gasteiger partial charge in [-0.15, -0.1) is 11.3 Å². The molecular weight excluding hydrogens is 554 g/mol. The van der Waals surface area contributed by atoms with E-state index >= 15 is 0 Å². The highest BCUT2D eigenvalue weighted by molar-refractivity contribution is 7.09. The van der Waals surface area contributed by atoms with E-state index in [1.54, 1.807) is 39.8 Å². The Kier molecular flexibility index (Phi) is 12.0. The molecule has 0 saturated carbocycles. The Labute approximate surface area is 254 Å². The van der Waals surface area contributed by atoms with Gasteiger partial charge in [-0.2, -0.15) is 0 Å². The molecule has 1 aliphatic heterocycles. The zero-order valence-electron chi connectivity index (χ0n) is 25.8. The SMILES string of the molecule is CCCCCCOc1cc([C@H]2CC[C@H](c3cc(OC)c(OC)c(OC)c3)O2)cc(OCCCc2scnc2C)c1OC. The lowest BCUT2D eigenvalue weighted by molar-refractivity contribution is 0.0434. The van der Waals surface area contributed by atoms with Crippen molar-refractivity contribution in [3.8, 4) is 34.5 Å². The summed E-state index contributed by atoms with van der Waals surface area (Å²) < 4.78 is 41.7. The predicted octanol–water partition coefficient (Wildman–Crippen LogP) is 8.05. The molecule has 0 radical (unpaired) electrons. The highest BCUT2D eigenvalue weighted by atomic mass is 32.1. The second kappa shape index (κ2) is 15.9. The van der Waals surface area contributed by atoms with Crippen LogP contribution in [0.4, 0.5) is 0 Å². The molecule has 3 aromatic rings. The number of unbranched alkanes of at least 4 members (excludes halogenated alkanes) is 3. The van der Waals surface area contributed by atoms with Crippen LogP contribution in [0.2, 0.25) is 0 Å². The van der Waals surface area contributed by atoms with Crippen LogP contribution in [0.5, 0.6) is 34.5 Å². The Bertz CT molecular complexity index is 1250. The molecule has 0 bridgehead atoms. The Morgan fingerprint density at radius 1 is 0.738 bits per heavy atom. The summed E-state index contributed by atoms with van der Waals surface area (Å²) in [6.45, 7) is 5.45. The molecule has 9 heteroatoms. The van der Waals surface area contributed by atoms with Crippen molar-refractivity contribution >= 4 is 11.3 Å². The molecule has 230 valence electrons. The molecule has 0 unspecified atom stereocenters. The minimum Gasteiger partial charge on any atom is -0.493 e. The normalized spacial score (nSPS) is 16.3. The van der Waals surface area contributed by atoms with Crippen molar-refractivity contribution in [1.82, 2.24) is 4.98 Å². The van der Waals surface area contributed by atoms with Gasteiger partial charge >= 0.3 is 0 Å². The quantitative estimate of drug-likeness (QED) is 0.144. The van der Waals surface area contributed by atoms with Crippen molar-refractivity contribution < 1.29 is 33.2 Å². The first kappa shape index (κ1) is 31.8. The van der Waals surface area contributed by atoms with Crippen LogP contribution in [0.25, 0.3) is 0 Å². The molecule has 2 atom stereocenters. The van der Waals surface area contributed by atoms with Gasteiger partial charge in [0.1, 0.15) is 0 Å². The predicted molar refractivity (Wildman–Crippen MR) is 165 cm³/mol. The standard InChI is InChI=1S/C33H45NO7S/c1-7-8-9-10-15-39-29-19-24(20-30(33(29)38-6)40-16-11-12-31-22(2)34-21-42-31)26-14-13-25(41-26)23-17-27(35-3)32(37-5)28(18-23)36-4/h17-21,25-26H,7-16H2,1-6H3/t25-,26-/m1/s1. The second-order valence-electron chi connectivity index (χ2n) is 10.4. The first-order valence-corrected chi connectivity index (χ1v) is 15.7. The van der Waals surface area contributed by atoms with E-state index in [1.807, 2.05) is 23.7 Å². The van der Waals surface area contributed by atoms with Gasteiger partial charge in [0.2, 0.25) is 11.5 Å². The average Bonchev–Trinajstić information content (AvgIpc) is 3.67. The van der Waals surface area contributed by atoms with Crippen molar-refractivity contribution in [2.24, 2.45) is 0 Å². The highest BCUT2D eigenvalue weighted by Gasteiger charge is 2.31. The van der Waals surface area contributed by atoms with Gasteiger partial charge in [-0.25, -0.2) is 4.98 Å². The molecule has 2 aromatic carbocycles.